The van der Waals surface area contributed by atoms with Crippen LogP contribution in [0.2, 0.25) is 0 Å². The molecule has 1 heterocycles. The molecule has 0 saturated heterocycles. The number of benzene rings is 2. The minimum absolute atomic E-state index is 0.0564. The lowest BCUT2D eigenvalue weighted by atomic mass is 10.1. The molecule has 0 atom stereocenters. The van der Waals surface area contributed by atoms with Crippen molar-refractivity contribution in [1.29, 1.82) is 0 Å². The van der Waals surface area contributed by atoms with Gasteiger partial charge in [-0.3, -0.25) is 14.3 Å². The highest BCUT2D eigenvalue weighted by Gasteiger charge is 2.15. The molecule has 0 radical (unpaired) electrons. The summed E-state index contributed by atoms with van der Waals surface area (Å²) in [5, 5.41) is 5.24. The van der Waals surface area contributed by atoms with Crippen LogP contribution in [-0.4, -0.2) is 26.8 Å². The minimum Gasteiger partial charge on any atom is -0.459 e. The molecule has 3 aromatic rings. The fourth-order valence-corrected chi connectivity index (χ4v) is 3.79. The molecule has 0 fully saturated rings. The van der Waals surface area contributed by atoms with E-state index in [9.17, 15) is 18.0 Å². The van der Waals surface area contributed by atoms with Crippen LogP contribution in [0.3, 0.4) is 0 Å². The molecule has 1 aromatic heterocycles. The van der Waals surface area contributed by atoms with E-state index >= 15 is 0 Å². The monoisotopic (exact) mass is 441 g/mol. The predicted molar refractivity (Wildman–Crippen MR) is 117 cm³/mol. The van der Waals surface area contributed by atoms with E-state index in [-0.39, 0.29) is 29.5 Å². The fourth-order valence-electron chi connectivity index (χ4n) is 2.74. The topological polar surface area (TPSA) is 118 Å². The maximum absolute atomic E-state index is 12.6. The van der Waals surface area contributed by atoms with Gasteiger partial charge >= 0.3 is 0 Å². The molecule has 0 aliphatic heterocycles. The van der Waals surface area contributed by atoms with Gasteiger partial charge in [0, 0.05) is 24.3 Å². The number of carbonyl (C=O) groups is 2. The zero-order chi connectivity index (χ0) is 22.4. The minimum atomic E-state index is -3.75. The Bertz CT molecular complexity index is 1170. The van der Waals surface area contributed by atoms with Crippen molar-refractivity contribution in [2.24, 2.45) is 0 Å². The molecule has 31 heavy (non-hydrogen) atoms. The zero-order valence-corrected chi connectivity index (χ0v) is 18.0. The Balaban J connectivity index is 1.53. The second-order valence-corrected chi connectivity index (χ2v) is 8.64. The van der Waals surface area contributed by atoms with E-state index in [1.807, 2.05) is 19.9 Å². The summed E-state index contributed by atoms with van der Waals surface area (Å²) in [5.74, 6) is -0.543. The second-order valence-electron chi connectivity index (χ2n) is 6.96. The zero-order valence-electron chi connectivity index (χ0n) is 17.1. The molecule has 2 amide bonds. The summed E-state index contributed by atoms with van der Waals surface area (Å²) in [7, 11) is -3.75. The number of rotatable bonds is 8. The maximum atomic E-state index is 12.6. The van der Waals surface area contributed by atoms with Gasteiger partial charge in [0.25, 0.3) is 15.9 Å². The van der Waals surface area contributed by atoms with Crippen LogP contribution in [0.5, 0.6) is 0 Å². The SMILES string of the molecule is Cc1ccc(NS(=O)(=O)c2ccc(NC(=O)CCNC(=O)c3ccco3)cc2)cc1C. The summed E-state index contributed by atoms with van der Waals surface area (Å²) >= 11 is 0. The molecule has 3 N–H and O–H groups in total. The number of carbonyl (C=O) groups excluding carboxylic acids is 2. The van der Waals surface area contributed by atoms with Crippen LogP contribution >= 0.6 is 0 Å². The van der Waals surface area contributed by atoms with Crippen LogP contribution in [0, 0.1) is 13.8 Å². The Kier molecular flexibility index (Phi) is 6.76. The molecule has 3 rings (SSSR count). The second kappa shape index (κ2) is 9.48. The van der Waals surface area contributed by atoms with Crippen molar-refractivity contribution in [2.75, 3.05) is 16.6 Å². The third-order valence-corrected chi connectivity index (χ3v) is 5.99. The molecule has 0 aliphatic carbocycles. The van der Waals surface area contributed by atoms with Gasteiger partial charge in [-0.15, -0.1) is 0 Å². The van der Waals surface area contributed by atoms with E-state index in [0.717, 1.165) is 11.1 Å². The largest absolute Gasteiger partial charge is 0.459 e. The Hall–Kier alpha value is -3.59. The van der Waals surface area contributed by atoms with Gasteiger partial charge in [0.2, 0.25) is 5.91 Å². The van der Waals surface area contributed by atoms with Gasteiger partial charge in [0.15, 0.2) is 5.76 Å². The lowest BCUT2D eigenvalue weighted by Crippen LogP contribution is -2.27. The number of hydrogen-bond acceptors (Lipinski definition) is 5. The fraction of sp³-hybridized carbons (Fsp3) is 0.182. The van der Waals surface area contributed by atoms with E-state index in [1.54, 1.807) is 18.2 Å². The molecule has 162 valence electrons. The van der Waals surface area contributed by atoms with Gasteiger partial charge in [0.1, 0.15) is 0 Å². The lowest BCUT2D eigenvalue weighted by Gasteiger charge is -2.11. The van der Waals surface area contributed by atoms with E-state index in [0.29, 0.717) is 11.4 Å². The first kappa shape index (κ1) is 22.1. The third kappa shape index (κ3) is 5.95. The van der Waals surface area contributed by atoms with Crippen molar-refractivity contribution >= 4 is 33.2 Å². The summed E-state index contributed by atoms with van der Waals surface area (Å²) in [6, 6.07) is 14.3. The molecule has 8 nitrogen and oxygen atoms in total. The number of aryl methyl sites for hydroxylation is 2. The van der Waals surface area contributed by atoms with Crippen molar-refractivity contribution < 1.29 is 22.4 Å². The van der Waals surface area contributed by atoms with Crippen LogP contribution in [0.25, 0.3) is 0 Å². The average molecular weight is 442 g/mol. The molecule has 0 spiro atoms. The van der Waals surface area contributed by atoms with Crippen LogP contribution in [0.1, 0.15) is 28.1 Å². The Labute approximate surface area is 180 Å². The van der Waals surface area contributed by atoms with Gasteiger partial charge in [-0.2, -0.15) is 0 Å². The van der Waals surface area contributed by atoms with E-state index < -0.39 is 15.9 Å². The Morgan fingerprint density at radius 3 is 2.29 bits per heavy atom. The summed E-state index contributed by atoms with van der Waals surface area (Å²) in [6.45, 7) is 4.00. The summed E-state index contributed by atoms with van der Waals surface area (Å²) in [5.41, 5.74) is 2.99. The van der Waals surface area contributed by atoms with Gasteiger partial charge in [0.05, 0.1) is 11.2 Å². The predicted octanol–water partition coefficient (Wildman–Crippen LogP) is 3.46. The van der Waals surface area contributed by atoms with E-state index in [2.05, 4.69) is 15.4 Å². The third-order valence-electron chi connectivity index (χ3n) is 4.59. The normalized spacial score (nSPS) is 11.0. The number of hydrogen-bond donors (Lipinski definition) is 3. The first-order chi connectivity index (χ1) is 14.7. The van der Waals surface area contributed by atoms with Crippen LogP contribution in [0.4, 0.5) is 11.4 Å². The van der Waals surface area contributed by atoms with Gasteiger partial charge in [-0.25, -0.2) is 8.42 Å². The van der Waals surface area contributed by atoms with Crippen molar-refractivity contribution in [2.45, 2.75) is 25.2 Å². The maximum Gasteiger partial charge on any atom is 0.286 e. The van der Waals surface area contributed by atoms with Gasteiger partial charge in [-0.1, -0.05) is 6.07 Å². The summed E-state index contributed by atoms with van der Waals surface area (Å²) in [6.07, 6.45) is 1.45. The average Bonchev–Trinajstić information content (AvgIpc) is 3.26. The van der Waals surface area contributed by atoms with Gasteiger partial charge in [-0.05, 0) is 73.5 Å². The lowest BCUT2D eigenvalue weighted by molar-refractivity contribution is -0.116. The van der Waals surface area contributed by atoms with E-state index in [1.165, 1.54) is 36.6 Å². The molecule has 0 aliphatic rings. The molecular formula is C22H23N3O5S. The first-order valence-electron chi connectivity index (χ1n) is 9.56. The highest BCUT2D eigenvalue weighted by Crippen LogP contribution is 2.20. The van der Waals surface area contributed by atoms with Crippen molar-refractivity contribution in [1.82, 2.24) is 5.32 Å². The number of anilines is 2. The van der Waals surface area contributed by atoms with E-state index in [4.69, 9.17) is 4.42 Å². The summed E-state index contributed by atoms with van der Waals surface area (Å²) < 4.78 is 32.7. The molecular weight excluding hydrogens is 418 g/mol. The highest BCUT2D eigenvalue weighted by atomic mass is 32.2. The van der Waals surface area contributed by atoms with Crippen molar-refractivity contribution in [3.63, 3.8) is 0 Å². The molecule has 0 unspecified atom stereocenters. The molecule has 0 bridgehead atoms. The molecule has 0 saturated carbocycles. The quantitative estimate of drug-likeness (QED) is 0.495. The number of sulfonamides is 1. The Morgan fingerprint density at radius 1 is 0.935 bits per heavy atom. The van der Waals surface area contributed by atoms with Crippen LogP contribution in [-0.2, 0) is 14.8 Å². The van der Waals surface area contributed by atoms with Crippen LogP contribution < -0.4 is 15.4 Å². The van der Waals surface area contributed by atoms with Crippen molar-refractivity contribution in [3.05, 3.63) is 77.7 Å². The molecule has 9 heteroatoms. The summed E-state index contributed by atoms with van der Waals surface area (Å²) in [4.78, 5) is 23.9. The molecule has 2 aromatic carbocycles. The van der Waals surface area contributed by atoms with Crippen molar-refractivity contribution in [3.8, 4) is 0 Å². The Morgan fingerprint density at radius 2 is 1.65 bits per heavy atom. The standard InChI is InChI=1S/C22H23N3O5S/c1-15-5-6-18(14-16(15)2)25-31(28,29)19-9-7-17(8-10-19)24-21(26)11-12-23-22(27)20-4-3-13-30-20/h3-10,13-14,25H,11-12H2,1-2H3,(H,23,27)(H,24,26). The number of nitrogens with one attached hydrogen (secondary N) is 3. The number of amides is 2. The van der Waals surface area contributed by atoms with Crippen LogP contribution in [0.15, 0.2) is 70.2 Å². The van der Waals surface area contributed by atoms with Gasteiger partial charge < -0.3 is 15.1 Å². The first-order valence-corrected chi connectivity index (χ1v) is 11.0. The number of furan rings is 1. The smallest absolute Gasteiger partial charge is 0.286 e. The highest BCUT2D eigenvalue weighted by molar-refractivity contribution is 7.92.